The third kappa shape index (κ3) is 3.48. The minimum Gasteiger partial charge on any atom is -0.493 e. The summed E-state index contributed by atoms with van der Waals surface area (Å²) in [5.41, 5.74) is -0.868. The summed E-state index contributed by atoms with van der Waals surface area (Å²) >= 11 is 0. The molecule has 0 N–H and O–H groups in total. The van der Waals surface area contributed by atoms with E-state index in [1.807, 2.05) is 18.2 Å². The Labute approximate surface area is 219 Å². The summed E-state index contributed by atoms with van der Waals surface area (Å²) in [4.78, 5) is 29.4. The fourth-order valence-corrected chi connectivity index (χ4v) is 6.71. The van der Waals surface area contributed by atoms with Crippen molar-refractivity contribution in [2.45, 2.75) is 43.3 Å². The molecule has 3 aliphatic rings. The number of hydrogen-bond donors (Lipinski definition) is 0. The highest BCUT2D eigenvalue weighted by molar-refractivity contribution is 6.26. The number of benzene rings is 3. The van der Waals surface area contributed by atoms with E-state index in [-0.39, 0.29) is 30.7 Å². The normalized spacial score (nSPS) is 27.4. The number of anilines is 1. The molecule has 7 nitrogen and oxygen atoms in total. The smallest absolute Gasteiger partial charge is 0.240 e. The maximum Gasteiger partial charge on any atom is 0.240 e. The van der Waals surface area contributed by atoms with Crippen LogP contribution in [-0.2, 0) is 14.3 Å². The monoisotopic (exact) mass is 509 g/mol. The van der Waals surface area contributed by atoms with Crippen molar-refractivity contribution >= 4 is 28.3 Å². The van der Waals surface area contributed by atoms with E-state index in [0.717, 1.165) is 0 Å². The molecule has 0 spiro atoms. The summed E-state index contributed by atoms with van der Waals surface area (Å²) in [5.74, 6) is -1.90. The van der Waals surface area contributed by atoms with E-state index in [9.17, 15) is 24.5 Å². The molecule has 4 unspecified atom stereocenters. The van der Waals surface area contributed by atoms with Crippen LogP contribution in [0.25, 0.3) is 10.8 Å². The first-order valence-electron chi connectivity index (χ1n) is 12.7. The van der Waals surface area contributed by atoms with Crippen LogP contribution in [0.3, 0.4) is 0 Å². The van der Waals surface area contributed by atoms with Gasteiger partial charge in [0.1, 0.15) is 11.6 Å². The average molecular weight is 510 g/mol. The number of imide groups is 1. The molecule has 190 valence electrons. The van der Waals surface area contributed by atoms with Gasteiger partial charge in [0.15, 0.2) is 0 Å². The molecule has 3 saturated heterocycles. The van der Waals surface area contributed by atoms with Gasteiger partial charge in [0.05, 0.1) is 53.0 Å². The summed E-state index contributed by atoms with van der Waals surface area (Å²) in [6.45, 7) is 0.227. The molecule has 6 rings (SSSR count). The molecule has 3 fully saturated rings. The van der Waals surface area contributed by atoms with Gasteiger partial charge in [-0.25, -0.2) is 9.29 Å². The molecule has 3 heterocycles. The number of rotatable bonds is 7. The van der Waals surface area contributed by atoms with Gasteiger partial charge in [-0.1, -0.05) is 24.3 Å². The second-order valence-corrected chi connectivity index (χ2v) is 10.2. The molecule has 3 aliphatic heterocycles. The fraction of sp³-hybridized carbons (Fsp3) is 0.333. The fourth-order valence-electron chi connectivity index (χ4n) is 6.71. The van der Waals surface area contributed by atoms with Gasteiger partial charge in [0.25, 0.3) is 0 Å². The maximum atomic E-state index is 14.1. The van der Waals surface area contributed by atoms with Crippen LogP contribution in [0.1, 0.15) is 37.7 Å². The van der Waals surface area contributed by atoms with Crippen LogP contribution in [0, 0.1) is 40.3 Å². The van der Waals surface area contributed by atoms with Gasteiger partial charge in [-0.3, -0.25) is 9.59 Å². The Morgan fingerprint density at radius 2 is 1.58 bits per heavy atom. The standard InChI is InChI=1S/C30H24FN3O4/c31-20-7-9-21(10-8-20)37-17-15-30-14-13-29(38-30,12-3-16-32)25-26(30)28(36)34(27(25)35)24-11-6-19(18-33)22-4-1-2-5-23(22)24/h1-2,4-11,25-26H,3,12-15,17H2. The molecule has 0 aromatic heterocycles. The van der Waals surface area contributed by atoms with E-state index >= 15 is 0 Å². The topological polar surface area (TPSA) is 103 Å². The Morgan fingerprint density at radius 1 is 0.921 bits per heavy atom. The Kier molecular flexibility index (Phi) is 5.66. The molecule has 8 heteroatoms. The predicted molar refractivity (Wildman–Crippen MR) is 135 cm³/mol. The summed E-state index contributed by atoms with van der Waals surface area (Å²) in [6, 6.07) is 20.6. The van der Waals surface area contributed by atoms with Gasteiger partial charge in [-0.15, -0.1) is 0 Å². The molecule has 4 atom stereocenters. The minimum atomic E-state index is -0.899. The lowest BCUT2D eigenvalue weighted by molar-refractivity contribution is -0.132. The quantitative estimate of drug-likeness (QED) is 0.414. The second-order valence-electron chi connectivity index (χ2n) is 10.2. The van der Waals surface area contributed by atoms with Crippen molar-refractivity contribution in [1.29, 1.82) is 10.5 Å². The minimum absolute atomic E-state index is 0.215. The average Bonchev–Trinajstić information content (AvgIpc) is 3.54. The molecular weight excluding hydrogens is 485 g/mol. The Hall–Kier alpha value is -4.27. The van der Waals surface area contributed by atoms with Crippen molar-refractivity contribution < 1.29 is 23.5 Å². The van der Waals surface area contributed by atoms with Crippen molar-refractivity contribution in [3.05, 3.63) is 72.0 Å². The van der Waals surface area contributed by atoms with Crippen molar-refractivity contribution in [3.63, 3.8) is 0 Å². The highest BCUT2D eigenvalue weighted by Crippen LogP contribution is 2.64. The molecule has 0 saturated carbocycles. The number of nitrogens with zero attached hydrogens (tertiary/aromatic N) is 3. The van der Waals surface area contributed by atoms with E-state index in [0.29, 0.717) is 53.5 Å². The van der Waals surface area contributed by atoms with Crippen LogP contribution in [-0.4, -0.2) is 29.6 Å². The number of halogens is 1. The number of amides is 2. The molecular formula is C30H24FN3O4. The summed E-state index contributed by atoms with van der Waals surface area (Å²) in [7, 11) is 0. The third-order valence-electron chi connectivity index (χ3n) is 8.35. The lowest BCUT2D eigenvalue weighted by Gasteiger charge is -2.31. The highest BCUT2D eigenvalue weighted by atomic mass is 19.1. The zero-order chi connectivity index (χ0) is 26.5. The van der Waals surface area contributed by atoms with Crippen LogP contribution >= 0.6 is 0 Å². The van der Waals surface area contributed by atoms with Gasteiger partial charge in [0.2, 0.25) is 11.8 Å². The highest BCUT2D eigenvalue weighted by Gasteiger charge is 2.75. The molecule has 3 aromatic rings. The molecule has 0 radical (unpaired) electrons. The van der Waals surface area contributed by atoms with Crippen LogP contribution in [0.2, 0.25) is 0 Å². The zero-order valence-electron chi connectivity index (χ0n) is 20.5. The number of carbonyl (C=O) groups excluding carboxylic acids is 2. The van der Waals surface area contributed by atoms with Crippen LogP contribution in [0.4, 0.5) is 10.1 Å². The Morgan fingerprint density at radius 3 is 2.24 bits per heavy atom. The number of ether oxygens (including phenoxy) is 2. The number of nitriles is 2. The van der Waals surface area contributed by atoms with Crippen molar-refractivity contribution in [2.75, 3.05) is 11.5 Å². The zero-order valence-corrected chi connectivity index (χ0v) is 20.5. The molecule has 0 aliphatic carbocycles. The third-order valence-corrected chi connectivity index (χ3v) is 8.35. The predicted octanol–water partition coefficient (Wildman–Crippen LogP) is 5.03. The molecule has 3 aromatic carbocycles. The Balaban J connectivity index is 1.36. The summed E-state index contributed by atoms with van der Waals surface area (Å²) < 4.78 is 25.7. The molecule has 2 bridgehead atoms. The number of hydrogen-bond acceptors (Lipinski definition) is 6. The van der Waals surface area contributed by atoms with Gasteiger partial charge < -0.3 is 9.47 Å². The van der Waals surface area contributed by atoms with E-state index in [1.54, 1.807) is 30.3 Å². The number of fused-ring (bicyclic) bond motifs is 6. The summed E-state index contributed by atoms with van der Waals surface area (Å²) in [6.07, 6.45) is 2.11. The first-order valence-corrected chi connectivity index (χ1v) is 12.7. The second kappa shape index (κ2) is 8.93. The van der Waals surface area contributed by atoms with Crippen molar-refractivity contribution in [2.24, 2.45) is 11.8 Å². The first kappa shape index (κ1) is 24.1. The van der Waals surface area contributed by atoms with Gasteiger partial charge in [-0.05, 0) is 55.7 Å². The van der Waals surface area contributed by atoms with Crippen molar-refractivity contribution in [3.8, 4) is 17.9 Å². The van der Waals surface area contributed by atoms with Gasteiger partial charge >= 0.3 is 0 Å². The summed E-state index contributed by atoms with van der Waals surface area (Å²) in [5, 5.41) is 20.2. The largest absolute Gasteiger partial charge is 0.493 e. The molecule has 2 amide bonds. The number of carbonyl (C=O) groups is 2. The van der Waals surface area contributed by atoms with Crippen LogP contribution < -0.4 is 9.64 Å². The SMILES string of the molecule is N#CCCC12CCC(CCOc3ccc(F)cc3)(O1)C1C(=O)N(c3ccc(C#N)c4ccccc34)C(=O)C12. The van der Waals surface area contributed by atoms with E-state index < -0.39 is 23.0 Å². The lowest BCUT2D eigenvalue weighted by atomic mass is 9.65. The van der Waals surface area contributed by atoms with E-state index in [4.69, 9.17) is 9.47 Å². The van der Waals surface area contributed by atoms with Crippen LogP contribution in [0.5, 0.6) is 5.75 Å². The van der Waals surface area contributed by atoms with Crippen LogP contribution in [0.15, 0.2) is 60.7 Å². The van der Waals surface area contributed by atoms with Crippen molar-refractivity contribution in [1.82, 2.24) is 0 Å². The van der Waals surface area contributed by atoms with E-state index in [2.05, 4.69) is 12.1 Å². The maximum absolute atomic E-state index is 14.1. The Bertz CT molecular complexity index is 1540. The van der Waals surface area contributed by atoms with Gasteiger partial charge in [-0.2, -0.15) is 10.5 Å². The first-order chi connectivity index (χ1) is 18.4. The van der Waals surface area contributed by atoms with Gasteiger partial charge in [0, 0.05) is 23.6 Å². The molecule has 38 heavy (non-hydrogen) atoms. The van der Waals surface area contributed by atoms with E-state index in [1.165, 1.54) is 17.0 Å². The lowest BCUT2D eigenvalue weighted by Crippen LogP contribution is -2.43.